The molecule has 5 rings (SSSR count). The van der Waals surface area contributed by atoms with Crippen LogP contribution in [0.2, 0.25) is 5.02 Å². The smallest absolute Gasteiger partial charge is 0.247 e. The minimum atomic E-state index is -0.505. The number of hydrogen-bond acceptors (Lipinski definition) is 4. The zero-order valence-corrected chi connectivity index (χ0v) is 17.8. The van der Waals surface area contributed by atoms with Crippen molar-refractivity contribution in [1.82, 2.24) is 10.6 Å². The van der Waals surface area contributed by atoms with Crippen molar-refractivity contribution in [2.45, 2.75) is 56.8 Å². The quantitative estimate of drug-likeness (QED) is 0.620. The highest BCUT2D eigenvalue weighted by atomic mass is 35.5. The SMILES string of the molecule is O=C(NC[C@H]1CCCO1)[C@H](Nc1ccc2c(c1)CNC2)c1cc(Cl)cc(C2CC2)c1. The fourth-order valence-corrected chi connectivity index (χ4v) is 4.68. The van der Waals surface area contributed by atoms with Crippen LogP contribution in [-0.2, 0) is 22.6 Å². The van der Waals surface area contributed by atoms with Gasteiger partial charge in [-0.1, -0.05) is 23.7 Å². The van der Waals surface area contributed by atoms with Crippen LogP contribution >= 0.6 is 11.6 Å². The number of fused-ring (bicyclic) bond motifs is 1. The highest BCUT2D eigenvalue weighted by molar-refractivity contribution is 6.30. The van der Waals surface area contributed by atoms with Crippen molar-refractivity contribution in [2.24, 2.45) is 0 Å². The molecule has 30 heavy (non-hydrogen) atoms. The second kappa shape index (κ2) is 8.58. The molecule has 3 aliphatic rings. The Bertz CT molecular complexity index is 938. The molecule has 2 heterocycles. The fourth-order valence-electron chi connectivity index (χ4n) is 4.43. The average molecular weight is 426 g/mol. The molecule has 2 aromatic rings. The van der Waals surface area contributed by atoms with Crippen molar-refractivity contribution in [1.29, 1.82) is 0 Å². The zero-order valence-electron chi connectivity index (χ0n) is 17.0. The third-order valence-electron chi connectivity index (χ3n) is 6.26. The van der Waals surface area contributed by atoms with Gasteiger partial charge in [-0.15, -0.1) is 0 Å². The Balaban J connectivity index is 1.40. The van der Waals surface area contributed by atoms with Gasteiger partial charge in [0, 0.05) is 37.0 Å². The Hall–Kier alpha value is -2.08. The Kier molecular flexibility index (Phi) is 5.68. The summed E-state index contributed by atoms with van der Waals surface area (Å²) in [5.41, 5.74) is 5.69. The monoisotopic (exact) mass is 425 g/mol. The maximum absolute atomic E-state index is 13.3. The van der Waals surface area contributed by atoms with Gasteiger partial charge < -0.3 is 20.7 Å². The molecule has 0 bridgehead atoms. The van der Waals surface area contributed by atoms with Crippen molar-refractivity contribution in [3.63, 3.8) is 0 Å². The third kappa shape index (κ3) is 4.48. The minimum absolute atomic E-state index is 0.0480. The molecular weight excluding hydrogens is 398 g/mol. The number of nitrogens with one attached hydrogen (secondary N) is 3. The summed E-state index contributed by atoms with van der Waals surface area (Å²) in [6.45, 7) is 3.09. The lowest BCUT2D eigenvalue weighted by Crippen LogP contribution is -2.38. The van der Waals surface area contributed by atoms with Crippen molar-refractivity contribution in [3.05, 3.63) is 63.7 Å². The number of carbonyl (C=O) groups is 1. The van der Waals surface area contributed by atoms with Crippen LogP contribution in [0.3, 0.4) is 0 Å². The summed E-state index contributed by atoms with van der Waals surface area (Å²) in [6.07, 6.45) is 4.56. The van der Waals surface area contributed by atoms with Crippen LogP contribution in [0.25, 0.3) is 0 Å². The van der Waals surface area contributed by atoms with E-state index in [0.717, 1.165) is 43.8 Å². The van der Waals surface area contributed by atoms with Crippen molar-refractivity contribution >= 4 is 23.2 Å². The minimum Gasteiger partial charge on any atom is -0.376 e. The van der Waals surface area contributed by atoms with Gasteiger partial charge in [-0.05, 0) is 78.1 Å². The summed E-state index contributed by atoms with van der Waals surface area (Å²) in [4.78, 5) is 13.3. The van der Waals surface area contributed by atoms with Crippen LogP contribution in [-0.4, -0.2) is 25.2 Å². The Morgan fingerprint density at radius 1 is 1.13 bits per heavy atom. The Labute approximate surface area is 182 Å². The summed E-state index contributed by atoms with van der Waals surface area (Å²) in [6, 6.07) is 11.9. The third-order valence-corrected chi connectivity index (χ3v) is 6.48. The second-order valence-electron chi connectivity index (χ2n) is 8.64. The molecule has 2 atom stereocenters. The number of anilines is 1. The van der Waals surface area contributed by atoms with Gasteiger partial charge in [-0.25, -0.2) is 0 Å². The summed E-state index contributed by atoms with van der Waals surface area (Å²) >= 11 is 6.44. The Morgan fingerprint density at radius 2 is 2.00 bits per heavy atom. The maximum Gasteiger partial charge on any atom is 0.247 e. The molecule has 3 N–H and O–H groups in total. The number of carbonyl (C=O) groups excluding carboxylic acids is 1. The molecule has 2 fully saturated rings. The zero-order chi connectivity index (χ0) is 20.5. The molecule has 1 saturated carbocycles. The van der Waals surface area contributed by atoms with Crippen molar-refractivity contribution in [2.75, 3.05) is 18.5 Å². The first kappa shape index (κ1) is 19.9. The Morgan fingerprint density at radius 3 is 2.80 bits per heavy atom. The number of ether oxygens (including phenoxy) is 1. The standard InChI is InChI=1S/C24H28ClN3O2/c25-20-9-17(15-3-4-15)8-18(10-20)23(24(29)27-14-22-2-1-7-30-22)28-21-6-5-16-12-26-13-19(16)11-21/h5-6,8-11,15,22-23,26,28H,1-4,7,12-14H2,(H,27,29)/t22-,23-/m1/s1. The van der Waals surface area contributed by atoms with Gasteiger partial charge in [0.05, 0.1) is 6.10 Å². The number of amides is 1. The molecule has 158 valence electrons. The number of halogens is 1. The van der Waals surface area contributed by atoms with Crippen LogP contribution in [0.5, 0.6) is 0 Å². The van der Waals surface area contributed by atoms with E-state index < -0.39 is 6.04 Å². The van der Waals surface area contributed by atoms with Crippen LogP contribution in [0.15, 0.2) is 36.4 Å². The first-order valence-electron chi connectivity index (χ1n) is 10.9. The van der Waals surface area contributed by atoms with E-state index in [1.165, 1.54) is 29.5 Å². The normalized spacial score (nSPS) is 21.3. The van der Waals surface area contributed by atoms with Crippen LogP contribution in [0.1, 0.15) is 59.9 Å². The highest BCUT2D eigenvalue weighted by Crippen LogP contribution is 2.42. The predicted octanol–water partition coefficient (Wildman–Crippen LogP) is 4.27. The topological polar surface area (TPSA) is 62.4 Å². The number of benzene rings is 2. The first-order chi connectivity index (χ1) is 14.7. The highest BCUT2D eigenvalue weighted by Gasteiger charge is 2.28. The van der Waals surface area contributed by atoms with Crippen molar-refractivity contribution < 1.29 is 9.53 Å². The molecule has 2 aromatic carbocycles. The molecule has 1 amide bonds. The molecule has 1 saturated heterocycles. The van der Waals surface area contributed by atoms with Gasteiger partial charge in [-0.3, -0.25) is 4.79 Å². The van der Waals surface area contributed by atoms with Gasteiger partial charge in [0.2, 0.25) is 5.91 Å². The lowest BCUT2D eigenvalue weighted by Gasteiger charge is -2.22. The summed E-state index contributed by atoms with van der Waals surface area (Å²) in [5, 5.41) is 10.6. The molecule has 0 aromatic heterocycles. The first-order valence-corrected chi connectivity index (χ1v) is 11.3. The molecule has 5 nitrogen and oxygen atoms in total. The molecule has 1 aliphatic carbocycles. The van der Waals surface area contributed by atoms with E-state index in [1.807, 2.05) is 12.1 Å². The van der Waals surface area contributed by atoms with E-state index in [2.05, 4.69) is 40.2 Å². The van der Waals surface area contributed by atoms with E-state index >= 15 is 0 Å². The number of rotatable bonds is 7. The lowest BCUT2D eigenvalue weighted by atomic mass is 10.00. The van der Waals surface area contributed by atoms with Crippen LogP contribution in [0.4, 0.5) is 5.69 Å². The fraction of sp³-hybridized carbons (Fsp3) is 0.458. The molecule has 6 heteroatoms. The van der Waals surface area contributed by atoms with E-state index in [-0.39, 0.29) is 12.0 Å². The van der Waals surface area contributed by atoms with Gasteiger partial charge >= 0.3 is 0 Å². The van der Waals surface area contributed by atoms with Gasteiger partial charge in [0.15, 0.2) is 0 Å². The largest absolute Gasteiger partial charge is 0.376 e. The predicted molar refractivity (Wildman–Crippen MR) is 119 cm³/mol. The molecule has 0 radical (unpaired) electrons. The van der Waals surface area contributed by atoms with Crippen molar-refractivity contribution in [3.8, 4) is 0 Å². The maximum atomic E-state index is 13.3. The van der Waals surface area contributed by atoms with Crippen LogP contribution < -0.4 is 16.0 Å². The summed E-state index contributed by atoms with van der Waals surface area (Å²) in [5.74, 6) is 0.525. The summed E-state index contributed by atoms with van der Waals surface area (Å²) < 4.78 is 5.67. The van der Waals surface area contributed by atoms with E-state index in [0.29, 0.717) is 17.5 Å². The molecule has 0 spiro atoms. The summed E-state index contributed by atoms with van der Waals surface area (Å²) in [7, 11) is 0. The molecule has 0 unspecified atom stereocenters. The van der Waals surface area contributed by atoms with Crippen LogP contribution in [0, 0.1) is 0 Å². The molecule has 2 aliphatic heterocycles. The number of hydrogen-bond donors (Lipinski definition) is 3. The molecular formula is C24H28ClN3O2. The van der Waals surface area contributed by atoms with E-state index in [4.69, 9.17) is 16.3 Å². The van der Waals surface area contributed by atoms with Gasteiger partial charge in [-0.2, -0.15) is 0 Å². The van der Waals surface area contributed by atoms with Gasteiger partial charge in [0.1, 0.15) is 6.04 Å². The lowest BCUT2D eigenvalue weighted by molar-refractivity contribution is -0.122. The average Bonchev–Trinajstić information content (AvgIpc) is 3.27. The van der Waals surface area contributed by atoms with Gasteiger partial charge in [0.25, 0.3) is 0 Å². The van der Waals surface area contributed by atoms with E-state index in [9.17, 15) is 4.79 Å². The second-order valence-corrected chi connectivity index (χ2v) is 9.07. The van der Waals surface area contributed by atoms with E-state index in [1.54, 1.807) is 0 Å².